The van der Waals surface area contributed by atoms with E-state index in [9.17, 15) is 4.79 Å². The summed E-state index contributed by atoms with van der Waals surface area (Å²) in [6.45, 7) is 0. The second kappa shape index (κ2) is 3.37. The second-order valence-corrected chi connectivity index (χ2v) is 2.69. The zero-order chi connectivity index (χ0) is 9.97. The average molecular weight is 191 g/mol. The van der Waals surface area contributed by atoms with E-state index in [1.54, 1.807) is 23.1 Å². The highest BCUT2D eigenvalue weighted by Gasteiger charge is 2.04. The number of methoxy groups -OCH3 is 1. The van der Waals surface area contributed by atoms with E-state index in [0.717, 1.165) is 0 Å². The van der Waals surface area contributed by atoms with Gasteiger partial charge in [-0.1, -0.05) is 0 Å². The first-order valence-corrected chi connectivity index (χ1v) is 4.08. The molecular weight excluding hydrogens is 182 g/mol. The Balaban J connectivity index is 2.55. The quantitative estimate of drug-likeness (QED) is 0.754. The maximum Gasteiger partial charge on any atom is 0.264 e. The predicted molar refractivity (Wildman–Crippen MR) is 50.7 cm³/mol. The molecule has 0 saturated heterocycles. The zero-order valence-electron chi connectivity index (χ0n) is 7.60. The molecule has 2 aromatic rings. The smallest absolute Gasteiger partial charge is 0.264 e. The fourth-order valence-electron chi connectivity index (χ4n) is 1.20. The van der Waals surface area contributed by atoms with Gasteiger partial charge in [-0.2, -0.15) is 0 Å². The van der Waals surface area contributed by atoms with Crippen LogP contribution >= 0.6 is 0 Å². The lowest BCUT2D eigenvalue weighted by Crippen LogP contribution is -2.05. The molecule has 0 saturated carbocycles. The topological polar surface area (TPSA) is 59.9 Å². The van der Waals surface area contributed by atoms with Crippen molar-refractivity contribution in [1.82, 2.24) is 14.8 Å². The largest absolute Gasteiger partial charge is 0.479 e. The summed E-state index contributed by atoms with van der Waals surface area (Å²) in [5.74, 6) is 0.472. The molecule has 0 atom stereocenters. The van der Waals surface area contributed by atoms with Gasteiger partial charge in [0.25, 0.3) is 5.56 Å². The molecule has 2 aromatic heterocycles. The number of nitrogens with zero attached hydrogens (tertiary/aromatic N) is 2. The van der Waals surface area contributed by atoms with Gasteiger partial charge in [0.2, 0.25) is 5.88 Å². The molecule has 0 aliphatic rings. The monoisotopic (exact) mass is 191 g/mol. The van der Waals surface area contributed by atoms with E-state index in [0.29, 0.717) is 11.6 Å². The molecule has 0 aliphatic carbocycles. The standard InChI is InChI=1S/C9H9N3O2/c1-14-9-7(3-2-5-10-9)12-6-4-8(13)11-12/h2-6H,1H3,(H,11,13). The number of hydrogen-bond donors (Lipinski definition) is 1. The summed E-state index contributed by atoms with van der Waals surface area (Å²) >= 11 is 0. The second-order valence-electron chi connectivity index (χ2n) is 2.69. The van der Waals surface area contributed by atoms with Gasteiger partial charge in [0.05, 0.1) is 7.11 Å². The minimum Gasteiger partial charge on any atom is -0.479 e. The van der Waals surface area contributed by atoms with Gasteiger partial charge in [0.1, 0.15) is 5.69 Å². The minimum absolute atomic E-state index is 0.157. The summed E-state index contributed by atoms with van der Waals surface area (Å²) in [6.07, 6.45) is 3.26. The molecule has 2 rings (SSSR count). The van der Waals surface area contributed by atoms with Crippen LogP contribution < -0.4 is 10.3 Å². The van der Waals surface area contributed by atoms with Crippen molar-refractivity contribution in [2.75, 3.05) is 7.11 Å². The van der Waals surface area contributed by atoms with Crippen LogP contribution in [0.25, 0.3) is 5.69 Å². The summed E-state index contributed by atoms with van der Waals surface area (Å²) in [6, 6.07) is 5.02. The summed E-state index contributed by atoms with van der Waals surface area (Å²) in [4.78, 5) is 14.9. The van der Waals surface area contributed by atoms with Gasteiger partial charge in [-0.25, -0.2) is 4.98 Å². The first-order valence-electron chi connectivity index (χ1n) is 4.08. The summed E-state index contributed by atoms with van der Waals surface area (Å²) < 4.78 is 6.62. The van der Waals surface area contributed by atoms with Crippen LogP contribution in [-0.2, 0) is 0 Å². The van der Waals surface area contributed by atoms with Crippen LogP contribution in [-0.4, -0.2) is 21.9 Å². The molecular formula is C9H9N3O2. The van der Waals surface area contributed by atoms with E-state index >= 15 is 0 Å². The maximum atomic E-state index is 10.9. The van der Waals surface area contributed by atoms with Gasteiger partial charge in [0.15, 0.2) is 0 Å². The number of pyridine rings is 1. The SMILES string of the molecule is COc1ncccc1-n1ccc(=O)[nH]1. The van der Waals surface area contributed by atoms with E-state index in [4.69, 9.17) is 4.74 Å². The van der Waals surface area contributed by atoms with Gasteiger partial charge in [0, 0.05) is 18.5 Å². The maximum absolute atomic E-state index is 10.9. The van der Waals surface area contributed by atoms with Gasteiger partial charge in [-0.3, -0.25) is 14.6 Å². The summed E-state index contributed by atoms with van der Waals surface area (Å²) in [7, 11) is 1.54. The summed E-state index contributed by atoms with van der Waals surface area (Å²) in [5, 5.41) is 2.61. The normalized spacial score (nSPS) is 10.1. The Hall–Kier alpha value is -2.04. The van der Waals surface area contributed by atoms with Crippen LogP contribution in [0.4, 0.5) is 0 Å². The lowest BCUT2D eigenvalue weighted by Gasteiger charge is -2.06. The Morgan fingerprint density at radius 1 is 1.50 bits per heavy atom. The highest BCUT2D eigenvalue weighted by molar-refractivity contribution is 5.39. The molecule has 0 unspecified atom stereocenters. The van der Waals surface area contributed by atoms with E-state index in [-0.39, 0.29) is 5.56 Å². The van der Waals surface area contributed by atoms with Crippen molar-refractivity contribution in [2.24, 2.45) is 0 Å². The molecule has 2 heterocycles. The molecule has 0 radical (unpaired) electrons. The number of aromatic amines is 1. The predicted octanol–water partition coefficient (Wildman–Crippen LogP) is 0.569. The van der Waals surface area contributed by atoms with Crippen molar-refractivity contribution in [3.05, 3.63) is 40.9 Å². The van der Waals surface area contributed by atoms with Crippen LogP contribution in [0.1, 0.15) is 0 Å². The van der Waals surface area contributed by atoms with Crippen molar-refractivity contribution in [2.45, 2.75) is 0 Å². The minimum atomic E-state index is -0.157. The number of aromatic nitrogens is 3. The van der Waals surface area contributed by atoms with E-state index in [1.807, 2.05) is 6.07 Å². The van der Waals surface area contributed by atoms with Crippen molar-refractivity contribution >= 4 is 0 Å². The van der Waals surface area contributed by atoms with Crippen molar-refractivity contribution in [3.63, 3.8) is 0 Å². The molecule has 5 nitrogen and oxygen atoms in total. The van der Waals surface area contributed by atoms with E-state index in [2.05, 4.69) is 10.1 Å². The Kier molecular flexibility index (Phi) is 2.06. The lowest BCUT2D eigenvalue weighted by molar-refractivity contribution is 0.394. The van der Waals surface area contributed by atoms with Gasteiger partial charge in [-0.15, -0.1) is 0 Å². The Bertz CT molecular complexity index is 487. The van der Waals surface area contributed by atoms with E-state index < -0.39 is 0 Å². The first kappa shape index (κ1) is 8.55. The third-order valence-corrected chi connectivity index (χ3v) is 1.81. The number of hydrogen-bond acceptors (Lipinski definition) is 3. The number of H-pyrrole nitrogens is 1. The molecule has 72 valence electrons. The number of ether oxygens (including phenoxy) is 1. The van der Waals surface area contributed by atoms with Crippen molar-refractivity contribution < 1.29 is 4.74 Å². The van der Waals surface area contributed by atoms with Crippen LogP contribution in [0.15, 0.2) is 35.4 Å². The highest BCUT2D eigenvalue weighted by Crippen LogP contribution is 2.16. The summed E-state index contributed by atoms with van der Waals surface area (Å²) in [5.41, 5.74) is 0.549. The van der Waals surface area contributed by atoms with Crippen molar-refractivity contribution in [1.29, 1.82) is 0 Å². The average Bonchev–Trinajstić information content (AvgIpc) is 2.65. The molecule has 5 heteroatoms. The van der Waals surface area contributed by atoms with Crippen LogP contribution in [0, 0.1) is 0 Å². The van der Waals surface area contributed by atoms with Crippen LogP contribution in [0.3, 0.4) is 0 Å². The number of rotatable bonds is 2. The van der Waals surface area contributed by atoms with Crippen molar-refractivity contribution in [3.8, 4) is 11.6 Å². The molecule has 0 spiro atoms. The molecule has 0 aliphatic heterocycles. The molecule has 14 heavy (non-hydrogen) atoms. The molecule has 0 fully saturated rings. The number of nitrogens with one attached hydrogen (secondary N) is 1. The van der Waals surface area contributed by atoms with Gasteiger partial charge < -0.3 is 4.74 Å². The third-order valence-electron chi connectivity index (χ3n) is 1.81. The lowest BCUT2D eigenvalue weighted by atomic mass is 10.4. The highest BCUT2D eigenvalue weighted by atomic mass is 16.5. The zero-order valence-corrected chi connectivity index (χ0v) is 7.60. The van der Waals surface area contributed by atoms with Crippen LogP contribution in [0.5, 0.6) is 5.88 Å². The fraction of sp³-hybridized carbons (Fsp3) is 0.111. The molecule has 1 N–H and O–H groups in total. The van der Waals surface area contributed by atoms with Gasteiger partial charge in [-0.05, 0) is 12.1 Å². The van der Waals surface area contributed by atoms with E-state index in [1.165, 1.54) is 13.2 Å². The van der Waals surface area contributed by atoms with Crippen LogP contribution in [0.2, 0.25) is 0 Å². The Morgan fingerprint density at radius 2 is 2.36 bits per heavy atom. The Morgan fingerprint density at radius 3 is 3.00 bits per heavy atom. The Labute approximate surface area is 80.0 Å². The molecule has 0 aromatic carbocycles. The third kappa shape index (κ3) is 1.39. The molecule has 0 bridgehead atoms. The fourth-order valence-corrected chi connectivity index (χ4v) is 1.20. The van der Waals surface area contributed by atoms with Gasteiger partial charge >= 0.3 is 0 Å². The first-order chi connectivity index (χ1) is 6.81. The molecule has 0 amide bonds.